The van der Waals surface area contributed by atoms with Crippen molar-refractivity contribution in [2.75, 3.05) is 18.8 Å². The summed E-state index contributed by atoms with van der Waals surface area (Å²) in [5, 5.41) is 4.07. The number of nitrogens with two attached hydrogens (primary N) is 2. The first-order valence-electron chi connectivity index (χ1n) is 4.31. The highest BCUT2D eigenvalue weighted by molar-refractivity contribution is 7.10. The van der Waals surface area contributed by atoms with Gasteiger partial charge in [0.05, 0.1) is 0 Å². The minimum absolute atomic E-state index is 0. The Labute approximate surface area is 97.2 Å². The molecule has 0 bridgehead atoms. The zero-order valence-corrected chi connectivity index (χ0v) is 9.55. The van der Waals surface area contributed by atoms with Gasteiger partial charge in [-0.2, -0.15) is 0 Å². The van der Waals surface area contributed by atoms with Gasteiger partial charge >= 0.3 is 0 Å². The van der Waals surface area contributed by atoms with Crippen molar-refractivity contribution < 1.29 is 4.79 Å². The summed E-state index contributed by atoms with van der Waals surface area (Å²) in [5.41, 5.74) is 11.5. The quantitative estimate of drug-likeness (QED) is 0.713. The first-order valence-corrected chi connectivity index (χ1v) is 5.08. The van der Waals surface area contributed by atoms with Crippen molar-refractivity contribution in [1.29, 1.82) is 0 Å². The lowest BCUT2D eigenvalue weighted by molar-refractivity contribution is 0.0786. The van der Waals surface area contributed by atoms with E-state index >= 15 is 0 Å². The molecule has 2 rings (SSSR count). The maximum absolute atomic E-state index is 11.8. The molecule has 6 nitrogen and oxygen atoms in total. The third-order valence-electron chi connectivity index (χ3n) is 2.23. The standard InChI is InChI=1S/C7H11N5OS.ClH/c8-4-1-2-12(3-4)7(13)5-6(9)14-11-10-5;/h4H,1-3,8-9H2;1H/t4-;/m1./s1. The molecular formula is C7H12ClN5OS. The molecule has 1 saturated heterocycles. The lowest BCUT2D eigenvalue weighted by Gasteiger charge is -2.13. The van der Waals surface area contributed by atoms with Gasteiger partial charge < -0.3 is 16.4 Å². The first kappa shape index (κ1) is 12.2. The molecule has 0 radical (unpaired) electrons. The molecule has 84 valence electrons. The molecule has 1 aromatic heterocycles. The molecule has 0 aliphatic carbocycles. The largest absolute Gasteiger partial charge is 0.387 e. The van der Waals surface area contributed by atoms with Crippen LogP contribution in [0.15, 0.2) is 0 Å². The summed E-state index contributed by atoms with van der Waals surface area (Å²) < 4.78 is 3.62. The van der Waals surface area contributed by atoms with Crippen molar-refractivity contribution >= 4 is 34.8 Å². The van der Waals surface area contributed by atoms with Crippen LogP contribution in [0, 0.1) is 0 Å². The van der Waals surface area contributed by atoms with Crippen molar-refractivity contribution in [3.63, 3.8) is 0 Å². The summed E-state index contributed by atoms with van der Waals surface area (Å²) >= 11 is 1.03. The van der Waals surface area contributed by atoms with E-state index in [1.165, 1.54) is 0 Å². The molecule has 1 atom stereocenters. The van der Waals surface area contributed by atoms with E-state index in [9.17, 15) is 4.79 Å². The van der Waals surface area contributed by atoms with E-state index in [1.807, 2.05) is 0 Å². The van der Waals surface area contributed by atoms with Crippen molar-refractivity contribution in [1.82, 2.24) is 14.5 Å². The molecule has 1 aliphatic rings. The van der Waals surface area contributed by atoms with E-state index in [1.54, 1.807) is 4.90 Å². The van der Waals surface area contributed by atoms with Crippen molar-refractivity contribution in [2.24, 2.45) is 5.73 Å². The Morgan fingerprint density at radius 1 is 1.60 bits per heavy atom. The summed E-state index contributed by atoms with van der Waals surface area (Å²) in [6.45, 7) is 1.26. The van der Waals surface area contributed by atoms with Crippen LogP contribution in [0.4, 0.5) is 5.00 Å². The van der Waals surface area contributed by atoms with Gasteiger partial charge in [-0.05, 0) is 6.42 Å². The highest BCUT2D eigenvalue weighted by Crippen LogP contribution is 2.17. The van der Waals surface area contributed by atoms with Crippen molar-refractivity contribution in [3.8, 4) is 0 Å². The molecule has 0 saturated carbocycles. The average molecular weight is 250 g/mol. The highest BCUT2D eigenvalue weighted by atomic mass is 35.5. The molecule has 1 aromatic rings. The second-order valence-corrected chi connectivity index (χ2v) is 4.07. The van der Waals surface area contributed by atoms with Crippen LogP contribution < -0.4 is 11.5 Å². The van der Waals surface area contributed by atoms with Crippen LogP contribution in [-0.2, 0) is 0 Å². The lowest BCUT2D eigenvalue weighted by atomic mass is 10.3. The van der Waals surface area contributed by atoms with E-state index in [-0.39, 0.29) is 30.0 Å². The topological polar surface area (TPSA) is 98.1 Å². The predicted molar refractivity (Wildman–Crippen MR) is 60.1 cm³/mol. The van der Waals surface area contributed by atoms with E-state index < -0.39 is 0 Å². The summed E-state index contributed by atoms with van der Waals surface area (Å²) in [5.74, 6) is -0.163. The van der Waals surface area contributed by atoms with Gasteiger partial charge in [-0.3, -0.25) is 4.79 Å². The van der Waals surface area contributed by atoms with Crippen LogP contribution in [0.5, 0.6) is 0 Å². The molecule has 4 N–H and O–H groups in total. The molecule has 2 heterocycles. The molecular weight excluding hydrogens is 238 g/mol. The van der Waals surface area contributed by atoms with Gasteiger partial charge in [0.1, 0.15) is 5.00 Å². The van der Waals surface area contributed by atoms with Crippen LogP contribution in [0.1, 0.15) is 16.9 Å². The third-order valence-corrected chi connectivity index (χ3v) is 2.78. The zero-order valence-electron chi connectivity index (χ0n) is 7.92. The Bertz CT molecular complexity index is 357. The Morgan fingerprint density at radius 3 is 2.80 bits per heavy atom. The van der Waals surface area contributed by atoms with Crippen LogP contribution in [0.2, 0.25) is 0 Å². The second kappa shape index (κ2) is 4.73. The number of hydrogen-bond acceptors (Lipinski definition) is 6. The van der Waals surface area contributed by atoms with Gasteiger partial charge in [0.25, 0.3) is 5.91 Å². The SMILES string of the molecule is Cl.Nc1snnc1C(=O)N1CC[C@@H](N)C1. The molecule has 0 aromatic carbocycles. The Hall–Kier alpha value is -0.920. The van der Waals surface area contributed by atoms with Gasteiger partial charge in [-0.1, -0.05) is 4.49 Å². The first-order chi connectivity index (χ1) is 6.68. The van der Waals surface area contributed by atoms with Crippen LogP contribution in [0.25, 0.3) is 0 Å². The number of nitrogens with zero attached hydrogens (tertiary/aromatic N) is 3. The van der Waals surface area contributed by atoms with Gasteiger partial charge in [0.2, 0.25) is 0 Å². The second-order valence-electron chi connectivity index (χ2n) is 3.29. The fourth-order valence-electron chi connectivity index (χ4n) is 1.47. The summed E-state index contributed by atoms with van der Waals surface area (Å²) in [4.78, 5) is 13.4. The normalized spacial score (nSPS) is 20.1. The number of carbonyl (C=O) groups is 1. The van der Waals surface area contributed by atoms with E-state index in [0.717, 1.165) is 18.0 Å². The number of carbonyl (C=O) groups excluding carboxylic acids is 1. The number of anilines is 1. The van der Waals surface area contributed by atoms with Crippen LogP contribution in [-0.4, -0.2) is 39.5 Å². The lowest BCUT2D eigenvalue weighted by Crippen LogP contribution is -2.32. The number of nitrogen functional groups attached to an aromatic ring is 1. The number of hydrogen-bond donors (Lipinski definition) is 2. The van der Waals surface area contributed by atoms with Crippen LogP contribution >= 0.6 is 23.9 Å². The summed E-state index contributed by atoms with van der Waals surface area (Å²) in [7, 11) is 0. The Balaban J connectivity index is 0.00000112. The fourth-order valence-corrected chi connectivity index (χ4v) is 1.89. The summed E-state index contributed by atoms with van der Waals surface area (Å²) in [6.07, 6.45) is 0.837. The fraction of sp³-hybridized carbons (Fsp3) is 0.571. The van der Waals surface area contributed by atoms with Crippen molar-refractivity contribution in [2.45, 2.75) is 12.5 Å². The van der Waals surface area contributed by atoms with Gasteiger partial charge in [-0.25, -0.2) is 0 Å². The minimum atomic E-state index is -0.163. The van der Waals surface area contributed by atoms with E-state index in [4.69, 9.17) is 11.5 Å². The average Bonchev–Trinajstić information content (AvgIpc) is 2.73. The minimum Gasteiger partial charge on any atom is -0.387 e. The van der Waals surface area contributed by atoms with Gasteiger partial charge in [0, 0.05) is 30.7 Å². The van der Waals surface area contributed by atoms with Gasteiger partial charge in [-0.15, -0.1) is 17.5 Å². The molecule has 1 aliphatic heterocycles. The predicted octanol–water partition coefficient (Wildman–Crippen LogP) is -0.285. The molecule has 1 amide bonds. The maximum Gasteiger partial charge on any atom is 0.277 e. The number of rotatable bonds is 1. The number of amides is 1. The molecule has 8 heteroatoms. The molecule has 1 fully saturated rings. The smallest absolute Gasteiger partial charge is 0.277 e. The van der Waals surface area contributed by atoms with E-state index in [0.29, 0.717) is 18.1 Å². The molecule has 15 heavy (non-hydrogen) atoms. The zero-order chi connectivity index (χ0) is 10.1. The number of aromatic nitrogens is 2. The maximum atomic E-state index is 11.8. The van der Waals surface area contributed by atoms with Gasteiger partial charge in [0.15, 0.2) is 5.69 Å². The molecule has 0 unspecified atom stereocenters. The van der Waals surface area contributed by atoms with Crippen molar-refractivity contribution in [3.05, 3.63) is 5.69 Å². The highest BCUT2D eigenvalue weighted by Gasteiger charge is 2.27. The molecule has 0 spiro atoms. The monoisotopic (exact) mass is 249 g/mol. The van der Waals surface area contributed by atoms with E-state index in [2.05, 4.69) is 9.59 Å². The van der Waals surface area contributed by atoms with Crippen LogP contribution in [0.3, 0.4) is 0 Å². The Morgan fingerprint density at radius 2 is 2.33 bits per heavy atom. The summed E-state index contributed by atoms with van der Waals surface area (Å²) in [6, 6.07) is 0.0757. The number of likely N-dealkylation sites (tertiary alicyclic amines) is 1. The number of halogens is 1. The third kappa shape index (κ3) is 2.36. The Kier molecular flexibility index (Phi) is 3.83.